The molecule has 7 nitrogen and oxygen atoms in total. The van der Waals surface area contributed by atoms with Crippen LogP contribution in [0.25, 0.3) is 22.3 Å². The summed E-state index contributed by atoms with van der Waals surface area (Å²) in [7, 11) is 1.54. The van der Waals surface area contributed by atoms with E-state index in [4.69, 9.17) is 10.5 Å². The molecule has 7 heteroatoms. The standard InChI is InChI=1S/C29H34N4O3/c1-5-13-31-21-10-12-22(17(2)14-21)25-18(3)33-27(28(30)34)26(25)20-9-11-23(24(15-20)36-4)29(35)32-16-19-7-6-8-19/h5,9-12,14-15,19,31,33H,1,6-8,13,16H2,2-4H3,(H2,30,34)(H,32,35). The highest BCUT2D eigenvalue weighted by molar-refractivity contribution is 6.05. The Morgan fingerprint density at radius 1 is 1.17 bits per heavy atom. The quantitative estimate of drug-likeness (QED) is 0.295. The number of methoxy groups -OCH3 is 1. The molecule has 0 saturated heterocycles. The normalized spacial score (nSPS) is 13.1. The maximum atomic E-state index is 12.9. The summed E-state index contributed by atoms with van der Waals surface area (Å²) in [5.74, 6) is 0.288. The summed E-state index contributed by atoms with van der Waals surface area (Å²) in [4.78, 5) is 28.5. The number of aromatic nitrogens is 1. The van der Waals surface area contributed by atoms with E-state index in [1.807, 2.05) is 32.0 Å². The first kappa shape index (κ1) is 25.1. The van der Waals surface area contributed by atoms with Gasteiger partial charge in [-0.15, -0.1) is 6.58 Å². The van der Waals surface area contributed by atoms with Gasteiger partial charge in [0.2, 0.25) is 0 Å². The molecule has 2 aromatic carbocycles. The van der Waals surface area contributed by atoms with Gasteiger partial charge in [0.15, 0.2) is 0 Å². The molecule has 36 heavy (non-hydrogen) atoms. The fraction of sp³-hybridized carbons (Fsp3) is 0.310. The molecule has 1 heterocycles. The van der Waals surface area contributed by atoms with Crippen LogP contribution in [0, 0.1) is 19.8 Å². The van der Waals surface area contributed by atoms with Crippen LogP contribution in [0.2, 0.25) is 0 Å². The molecule has 0 radical (unpaired) electrons. The summed E-state index contributed by atoms with van der Waals surface area (Å²) >= 11 is 0. The number of nitrogens with two attached hydrogens (primary N) is 1. The summed E-state index contributed by atoms with van der Waals surface area (Å²) in [6.07, 6.45) is 5.35. The summed E-state index contributed by atoms with van der Waals surface area (Å²) in [6, 6.07) is 11.5. The second kappa shape index (κ2) is 10.7. The highest BCUT2D eigenvalue weighted by atomic mass is 16.5. The molecule has 1 aromatic heterocycles. The topological polar surface area (TPSA) is 109 Å². The Morgan fingerprint density at radius 2 is 1.94 bits per heavy atom. The molecule has 5 N–H and O–H groups in total. The van der Waals surface area contributed by atoms with Gasteiger partial charge in [-0.2, -0.15) is 0 Å². The van der Waals surface area contributed by atoms with Crippen LogP contribution in [0.3, 0.4) is 0 Å². The van der Waals surface area contributed by atoms with E-state index in [2.05, 4.69) is 28.3 Å². The first-order chi connectivity index (χ1) is 17.3. The lowest BCUT2D eigenvalue weighted by molar-refractivity contribution is 0.0935. The number of ether oxygens (including phenoxy) is 1. The van der Waals surface area contributed by atoms with Crippen molar-refractivity contribution in [2.45, 2.75) is 33.1 Å². The van der Waals surface area contributed by atoms with Gasteiger partial charge in [-0.05, 0) is 73.6 Å². The Morgan fingerprint density at radius 3 is 2.56 bits per heavy atom. The van der Waals surface area contributed by atoms with E-state index in [1.54, 1.807) is 25.3 Å². The minimum atomic E-state index is -0.553. The van der Waals surface area contributed by atoms with Crippen molar-refractivity contribution < 1.29 is 14.3 Å². The molecule has 2 amide bonds. The average molecular weight is 487 g/mol. The number of anilines is 1. The first-order valence-electron chi connectivity index (χ1n) is 12.3. The van der Waals surface area contributed by atoms with Crippen LogP contribution < -0.4 is 21.1 Å². The van der Waals surface area contributed by atoms with Crippen molar-refractivity contribution in [1.82, 2.24) is 10.3 Å². The number of rotatable bonds is 10. The van der Waals surface area contributed by atoms with Gasteiger partial charge in [0.25, 0.3) is 11.8 Å². The molecule has 3 aromatic rings. The second-order valence-electron chi connectivity index (χ2n) is 9.36. The lowest BCUT2D eigenvalue weighted by Crippen LogP contribution is -2.32. The maximum absolute atomic E-state index is 12.9. The molecule has 0 unspecified atom stereocenters. The van der Waals surface area contributed by atoms with Crippen molar-refractivity contribution in [2.24, 2.45) is 11.7 Å². The van der Waals surface area contributed by atoms with E-state index in [1.165, 1.54) is 6.42 Å². The zero-order valence-electron chi connectivity index (χ0n) is 21.2. The zero-order valence-corrected chi connectivity index (χ0v) is 21.2. The molecule has 0 bridgehead atoms. The van der Waals surface area contributed by atoms with Crippen LogP contribution in [0.4, 0.5) is 5.69 Å². The van der Waals surface area contributed by atoms with E-state index in [0.717, 1.165) is 46.5 Å². The number of aryl methyl sites for hydroxylation is 2. The molecule has 1 fully saturated rings. The van der Waals surface area contributed by atoms with Crippen molar-refractivity contribution in [1.29, 1.82) is 0 Å². The SMILES string of the molecule is C=CCNc1ccc(-c2c(C)[nH]c(C(N)=O)c2-c2ccc(C(=O)NCC3CCC3)c(OC)c2)c(C)c1. The van der Waals surface area contributed by atoms with Gasteiger partial charge in [-0.3, -0.25) is 9.59 Å². The predicted molar refractivity (Wildman–Crippen MR) is 145 cm³/mol. The van der Waals surface area contributed by atoms with Crippen LogP contribution in [-0.2, 0) is 0 Å². The van der Waals surface area contributed by atoms with Gasteiger partial charge < -0.3 is 26.1 Å². The Hall–Kier alpha value is -4.00. The third kappa shape index (κ3) is 5.00. The number of carbonyl (C=O) groups is 2. The average Bonchev–Trinajstić information content (AvgIpc) is 3.18. The second-order valence-corrected chi connectivity index (χ2v) is 9.36. The van der Waals surface area contributed by atoms with Gasteiger partial charge in [0, 0.05) is 35.6 Å². The van der Waals surface area contributed by atoms with E-state index in [9.17, 15) is 9.59 Å². The van der Waals surface area contributed by atoms with Crippen LogP contribution in [0.5, 0.6) is 5.75 Å². The number of H-pyrrole nitrogens is 1. The first-order valence-corrected chi connectivity index (χ1v) is 12.3. The lowest BCUT2D eigenvalue weighted by Gasteiger charge is -2.25. The summed E-state index contributed by atoms with van der Waals surface area (Å²) in [5, 5.41) is 6.32. The lowest BCUT2D eigenvalue weighted by atomic mass is 9.85. The van der Waals surface area contributed by atoms with Crippen LogP contribution >= 0.6 is 0 Å². The summed E-state index contributed by atoms with van der Waals surface area (Å²) in [5.41, 5.74) is 12.7. The third-order valence-electron chi connectivity index (χ3n) is 6.89. The van der Waals surface area contributed by atoms with Crippen molar-refractivity contribution in [3.8, 4) is 28.0 Å². The molecule has 0 spiro atoms. The molecule has 0 aliphatic heterocycles. The molecule has 1 saturated carbocycles. The van der Waals surface area contributed by atoms with Gasteiger partial charge in [-0.25, -0.2) is 0 Å². The number of hydrogen-bond acceptors (Lipinski definition) is 4. The molecule has 0 atom stereocenters. The Bertz CT molecular complexity index is 1300. The van der Waals surface area contributed by atoms with E-state index >= 15 is 0 Å². The minimum Gasteiger partial charge on any atom is -0.496 e. The highest BCUT2D eigenvalue weighted by Gasteiger charge is 2.25. The van der Waals surface area contributed by atoms with Crippen LogP contribution in [0.15, 0.2) is 49.1 Å². The number of benzene rings is 2. The Balaban J connectivity index is 1.76. The van der Waals surface area contributed by atoms with Crippen molar-refractivity contribution in [2.75, 3.05) is 25.5 Å². The van der Waals surface area contributed by atoms with Gasteiger partial charge in [-0.1, -0.05) is 24.6 Å². The minimum absolute atomic E-state index is 0.163. The van der Waals surface area contributed by atoms with Crippen molar-refractivity contribution >= 4 is 17.5 Å². The van der Waals surface area contributed by atoms with E-state index in [-0.39, 0.29) is 5.91 Å². The zero-order chi connectivity index (χ0) is 25.8. The molecule has 4 rings (SSSR count). The molecular formula is C29H34N4O3. The summed E-state index contributed by atoms with van der Waals surface area (Å²) in [6.45, 7) is 9.05. The van der Waals surface area contributed by atoms with Crippen LogP contribution in [-0.4, -0.2) is 37.0 Å². The van der Waals surface area contributed by atoms with Crippen LogP contribution in [0.1, 0.15) is 51.4 Å². The molecule has 1 aliphatic rings. The van der Waals surface area contributed by atoms with E-state index in [0.29, 0.717) is 41.6 Å². The smallest absolute Gasteiger partial charge is 0.265 e. The number of aromatic amines is 1. The van der Waals surface area contributed by atoms with Crippen molar-refractivity contribution in [3.05, 3.63) is 71.6 Å². The largest absolute Gasteiger partial charge is 0.496 e. The van der Waals surface area contributed by atoms with Gasteiger partial charge in [0.1, 0.15) is 11.4 Å². The number of hydrogen-bond donors (Lipinski definition) is 4. The van der Waals surface area contributed by atoms with E-state index < -0.39 is 5.91 Å². The Labute approximate surface area is 212 Å². The monoisotopic (exact) mass is 486 g/mol. The summed E-state index contributed by atoms with van der Waals surface area (Å²) < 4.78 is 5.60. The molecule has 188 valence electrons. The van der Waals surface area contributed by atoms with Crippen molar-refractivity contribution in [3.63, 3.8) is 0 Å². The van der Waals surface area contributed by atoms with Gasteiger partial charge >= 0.3 is 0 Å². The fourth-order valence-corrected chi connectivity index (χ4v) is 4.74. The Kier molecular flexibility index (Phi) is 7.48. The maximum Gasteiger partial charge on any atom is 0.265 e. The highest BCUT2D eigenvalue weighted by Crippen LogP contribution is 2.41. The van der Waals surface area contributed by atoms with Gasteiger partial charge in [0.05, 0.1) is 12.7 Å². The number of primary amides is 1. The fourth-order valence-electron chi connectivity index (χ4n) is 4.74. The predicted octanol–water partition coefficient (Wildman–Crippen LogP) is 5.20. The molecule has 1 aliphatic carbocycles. The number of nitrogens with one attached hydrogen (secondary N) is 3. The number of carbonyl (C=O) groups excluding carboxylic acids is 2. The number of amides is 2. The third-order valence-corrected chi connectivity index (χ3v) is 6.89. The molecular weight excluding hydrogens is 452 g/mol.